The van der Waals surface area contributed by atoms with Gasteiger partial charge in [-0.1, -0.05) is 0 Å². The molecule has 2 rings (SSSR count). The third kappa shape index (κ3) is 1.93. The van der Waals surface area contributed by atoms with Crippen molar-refractivity contribution >= 4 is 5.97 Å². The van der Waals surface area contributed by atoms with Gasteiger partial charge in [-0.15, -0.1) is 0 Å². The van der Waals surface area contributed by atoms with E-state index >= 15 is 0 Å². The van der Waals surface area contributed by atoms with Crippen LogP contribution in [0.5, 0.6) is 5.75 Å². The minimum atomic E-state index is -1.01. The number of ether oxygens (including phenoxy) is 1. The Hall–Kier alpha value is -1.58. The Morgan fingerprint density at radius 1 is 1.33 bits per heavy atom. The number of carboxylic acids is 1. The standard InChI is InChI=1S/C11H13NO3/c13-10(14)11(5-1-2-6-11)15-9-3-7-12-8-4-9/h3-4,7-8H,1-2,5-6H2,(H,13,14). The van der Waals surface area contributed by atoms with Crippen molar-refractivity contribution in [1.29, 1.82) is 0 Å². The molecule has 0 aromatic carbocycles. The van der Waals surface area contributed by atoms with Crippen molar-refractivity contribution in [2.24, 2.45) is 0 Å². The summed E-state index contributed by atoms with van der Waals surface area (Å²) in [5, 5.41) is 9.18. The quantitative estimate of drug-likeness (QED) is 0.821. The van der Waals surface area contributed by atoms with Crippen LogP contribution in [0.4, 0.5) is 0 Å². The van der Waals surface area contributed by atoms with E-state index in [1.54, 1.807) is 24.5 Å². The Kier molecular flexibility index (Phi) is 2.58. The molecule has 80 valence electrons. The van der Waals surface area contributed by atoms with Gasteiger partial charge in [0.05, 0.1) is 0 Å². The molecule has 0 amide bonds. The van der Waals surface area contributed by atoms with Crippen molar-refractivity contribution in [2.45, 2.75) is 31.3 Å². The molecule has 1 aromatic heterocycles. The molecule has 0 aliphatic heterocycles. The van der Waals surface area contributed by atoms with Gasteiger partial charge in [0.1, 0.15) is 5.75 Å². The average Bonchev–Trinajstić information content (AvgIpc) is 2.69. The molecular weight excluding hydrogens is 194 g/mol. The van der Waals surface area contributed by atoms with Crippen LogP contribution >= 0.6 is 0 Å². The molecular formula is C11H13NO3. The van der Waals surface area contributed by atoms with Gasteiger partial charge in [-0.3, -0.25) is 4.98 Å². The number of nitrogens with zero attached hydrogens (tertiary/aromatic N) is 1. The minimum absolute atomic E-state index is 0.578. The first-order valence-corrected chi connectivity index (χ1v) is 5.05. The summed E-state index contributed by atoms with van der Waals surface area (Å²) in [5.41, 5.74) is -1.01. The second-order valence-corrected chi connectivity index (χ2v) is 3.79. The van der Waals surface area contributed by atoms with Gasteiger partial charge >= 0.3 is 5.97 Å². The lowest BCUT2D eigenvalue weighted by atomic mass is 10.0. The van der Waals surface area contributed by atoms with Gasteiger partial charge in [-0.25, -0.2) is 4.79 Å². The van der Waals surface area contributed by atoms with E-state index in [1.165, 1.54) is 0 Å². The molecule has 1 aliphatic carbocycles. The maximum atomic E-state index is 11.2. The van der Waals surface area contributed by atoms with Crippen LogP contribution in [0.25, 0.3) is 0 Å². The summed E-state index contributed by atoms with van der Waals surface area (Å²) < 4.78 is 5.58. The topological polar surface area (TPSA) is 59.4 Å². The van der Waals surface area contributed by atoms with Gasteiger partial charge in [0.25, 0.3) is 0 Å². The largest absolute Gasteiger partial charge is 0.478 e. The van der Waals surface area contributed by atoms with Crippen LogP contribution in [0.15, 0.2) is 24.5 Å². The molecule has 0 bridgehead atoms. The molecule has 0 radical (unpaired) electrons. The molecule has 4 nitrogen and oxygen atoms in total. The average molecular weight is 207 g/mol. The van der Waals surface area contributed by atoms with E-state index < -0.39 is 11.6 Å². The monoisotopic (exact) mass is 207 g/mol. The van der Waals surface area contributed by atoms with Crippen molar-refractivity contribution in [3.8, 4) is 5.75 Å². The Morgan fingerprint density at radius 3 is 2.47 bits per heavy atom. The lowest BCUT2D eigenvalue weighted by molar-refractivity contribution is -0.154. The van der Waals surface area contributed by atoms with Crippen LogP contribution in [0, 0.1) is 0 Å². The zero-order valence-corrected chi connectivity index (χ0v) is 8.35. The van der Waals surface area contributed by atoms with Crippen molar-refractivity contribution in [2.75, 3.05) is 0 Å². The summed E-state index contributed by atoms with van der Waals surface area (Å²) in [4.78, 5) is 15.0. The Morgan fingerprint density at radius 2 is 1.93 bits per heavy atom. The molecule has 15 heavy (non-hydrogen) atoms. The first-order chi connectivity index (χ1) is 7.23. The highest BCUT2D eigenvalue weighted by molar-refractivity contribution is 5.78. The second-order valence-electron chi connectivity index (χ2n) is 3.79. The van der Waals surface area contributed by atoms with Crippen LogP contribution < -0.4 is 4.74 Å². The van der Waals surface area contributed by atoms with E-state index in [-0.39, 0.29) is 0 Å². The van der Waals surface area contributed by atoms with Gasteiger partial charge in [0, 0.05) is 12.4 Å². The predicted octanol–water partition coefficient (Wildman–Crippen LogP) is 1.86. The molecule has 0 atom stereocenters. The van der Waals surface area contributed by atoms with Gasteiger partial charge in [-0.05, 0) is 37.8 Å². The second kappa shape index (κ2) is 3.88. The highest BCUT2D eigenvalue weighted by Gasteiger charge is 2.43. The summed E-state index contributed by atoms with van der Waals surface area (Å²) in [6.45, 7) is 0. The number of hydrogen-bond donors (Lipinski definition) is 1. The van der Waals surface area contributed by atoms with Crippen molar-refractivity contribution in [3.05, 3.63) is 24.5 Å². The lowest BCUT2D eigenvalue weighted by Gasteiger charge is -2.25. The highest BCUT2D eigenvalue weighted by Crippen LogP contribution is 2.34. The number of aromatic nitrogens is 1. The number of carboxylic acid groups (broad SMARTS) is 1. The van der Waals surface area contributed by atoms with Gasteiger partial charge in [0.15, 0.2) is 0 Å². The summed E-state index contributed by atoms with van der Waals surface area (Å²) >= 11 is 0. The summed E-state index contributed by atoms with van der Waals surface area (Å²) in [6.07, 6.45) is 6.20. The third-order valence-corrected chi connectivity index (χ3v) is 2.76. The molecule has 0 spiro atoms. The molecule has 1 aliphatic rings. The Labute approximate surface area is 87.9 Å². The molecule has 1 heterocycles. The van der Waals surface area contributed by atoms with Crippen molar-refractivity contribution < 1.29 is 14.6 Å². The number of pyridine rings is 1. The molecule has 0 saturated heterocycles. The van der Waals surface area contributed by atoms with E-state index in [2.05, 4.69) is 4.98 Å². The zero-order valence-electron chi connectivity index (χ0n) is 8.35. The Bertz CT molecular complexity index is 344. The third-order valence-electron chi connectivity index (χ3n) is 2.76. The highest BCUT2D eigenvalue weighted by atomic mass is 16.5. The van der Waals surface area contributed by atoms with Crippen LogP contribution in [0.3, 0.4) is 0 Å². The zero-order chi connectivity index (χ0) is 10.7. The fourth-order valence-electron chi connectivity index (χ4n) is 1.94. The van der Waals surface area contributed by atoms with E-state index in [0.717, 1.165) is 12.8 Å². The summed E-state index contributed by atoms with van der Waals surface area (Å²) in [6, 6.07) is 3.37. The molecule has 1 N–H and O–H groups in total. The molecule has 4 heteroatoms. The van der Waals surface area contributed by atoms with Crippen molar-refractivity contribution in [3.63, 3.8) is 0 Å². The molecule has 0 unspecified atom stereocenters. The number of hydrogen-bond acceptors (Lipinski definition) is 3. The first kappa shape index (κ1) is 9.96. The normalized spacial score (nSPS) is 18.7. The van der Waals surface area contributed by atoms with E-state index in [4.69, 9.17) is 4.74 Å². The molecule has 1 fully saturated rings. The maximum Gasteiger partial charge on any atom is 0.348 e. The van der Waals surface area contributed by atoms with Crippen LogP contribution in [-0.4, -0.2) is 21.7 Å². The van der Waals surface area contributed by atoms with E-state index in [1.807, 2.05) is 0 Å². The van der Waals surface area contributed by atoms with Crippen LogP contribution in [0.2, 0.25) is 0 Å². The first-order valence-electron chi connectivity index (χ1n) is 5.05. The maximum absolute atomic E-state index is 11.2. The SMILES string of the molecule is O=C(O)C1(Oc2ccncc2)CCCC1. The van der Waals surface area contributed by atoms with E-state index in [9.17, 15) is 9.90 Å². The van der Waals surface area contributed by atoms with E-state index in [0.29, 0.717) is 18.6 Å². The predicted molar refractivity (Wildman–Crippen MR) is 53.7 cm³/mol. The number of carbonyl (C=O) groups is 1. The smallest absolute Gasteiger partial charge is 0.348 e. The van der Waals surface area contributed by atoms with Crippen LogP contribution in [-0.2, 0) is 4.79 Å². The van der Waals surface area contributed by atoms with Gasteiger partial charge < -0.3 is 9.84 Å². The fraction of sp³-hybridized carbons (Fsp3) is 0.455. The number of aliphatic carboxylic acids is 1. The van der Waals surface area contributed by atoms with Crippen molar-refractivity contribution in [1.82, 2.24) is 4.98 Å². The molecule has 1 saturated carbocycles. The van der Waals surface area contributed by atoms with Gasteiger partial charge in [0.2, 0.25) is 5.60 Å². The number of rotatable bonds is 3. The van der Waals surface area contributed by atoms with Crippen LogP contribution in [0.1, 0.15) is 25.7 Å². The fourth-order valence-corrected chi connectivity index (χ4v) is 1.94. The molecule has 1 aromatic rings. The minimum Gasteiger partial charge on any atom is -0.478 e. The van der Waals surface area contributed by atoms with Gasteiger partial charge in [-0.2, -0.15) is 0 Å². The Balaban J connectivity index is 2.18. The lowest BCUT2D eigenvalue weighted by Crippen LogP contribution is -2.41. The summed E-state index contributed by atoms with van der Waals surface area (Å²) in [5.74, 6) is -0.286. The summed E-state index contributed by atoms with van der Waals surface area (Å²) in [7, 11) is 0.